The zero-order valence-electron chi connectivity index (χ0n) is 12.0. The second-order valence-electron chi connectivity index (χ2n) is 4.60. The largest absolute Gasteiger partial charge is 0.480 e. The number of fused-ring (bicyclic) bond motifs is 1. The highest BCUT2D eigenvalue weighted by atomic mass is 35.5. The molecule has 0 unspecified atom stereocenters. The summed E-state index contributed by atoms with van der Waals surface area (Å²) in [5, 5.41) is 0.425. The number of H-pyrrole nitrogens is 1. The zero-order chi connectivity index (χ0) is 17.5. The summed E-state index contributed by atoms with van der Waals surface area (Å²) in [6.45, 7) is 0. The number of nitrogens with zero attached hydrogens (tertiary/aromatic N) is 2. The van der Waals surface area contributed by atoms with E-state index in [2.05, 4.69) is 19.7 Å². The Morgan fingerprint density at radius 3 is 2.75 bits per heavy atom. The van der Waals surface area contributed by atoms with Gasteiger partial charge in [0.25, 0.3) is 10.0 Å². The monoisotopic (exact) mass is 390 g/mol. The summed E-state index contributed by atoms with van der Waals surface area (Å²) in [6, 6.07) is 3.84. The van der Waals surface area contributed by atoms with Gasteiger partial charge in [0.05, 0.1) is 7.11 Å². The van der Waals surface area contributed by atoms with Gasteiger partial charge in [0, 0.05) is 17.6 Å². The summed E-state index contributed by atoms with van der Waals surface area (Å²) < 4.78 is 45.9. The number of anilines is 1. The highest BCUT2D eigenvalue weighted by Gasteiger charge is 2.23. The fourth-order valence-corrected chi connectivity index (χ4v) is 3.56. The van der Waals surface area contributed by atoms with Gasteiger partial charge < -0.3 is 9.72 Å². The maximum Gasteiger partial charge on any atom is 0.265 e. The van der Waals surface area contributed by atoms with Crippen LogP contribution in [0.4, 0.5) is 10.2 Å². The summed E-state index contributed by atoms with van der Waals surface area (Å²) in [7, 11) is -2.86. The Hall–Kier alpha value is -2.10. The van der Waals surface area contributed by atoms with E-state index in [4.69, 9.17) is 27.9 Å². The van der Waals surface area contributed by atoms with Crippen molar-refractivity contribution in [1.29, 1.82) is 0 Å². The third-order valence-electron chi connectivity index (χ3n) is 3.08. The Labute approximate surface area is 145 Å². The van der Waals surface area contributed by atoms with Crippen molar-refractivity contribution in [2.75, 3.05) is 11.8 Å². The first-order valence-electron chi connectivity index (χ1n) is 6.38. The summed E-state index contributed by atoms with van der Waals surface area (Å²) in [4.78, 5) is 10.2. The quantitative estimate of drug-likeness (QED) is 0.666. The predicted octanol–water partition coefficient (Wildman–Crippen LogP) is 3.21. The van der Waals surface area contributed by atoms with E-state index in [0.29, 0.717) is 5.39 Å². The third kappa shape index (κ3) is 2.97. The van der Waals surface area contributed by atoms with Crippen molar-refractivity contribution >= 4 is 50.1 Å². The number of methoxy groups -OCH3 is 1. The molecule has 2 N–H and O–H groups in total. The molecule has 0 saturated carbocycles. The van der Waals surface area contributed by atoms with E-state index in [-0.39, 0.29) is 26.6 Å². The minimum absolute atomic E-state index is 0.0797. The third-order valence-corrected chi connectivity index (χ3v) is 4.94. The van der Waals surface area contributed by atoms with E-state index < -0.39 is 21.7 Å². The van der Waals surface area contributed by atoms with Crippen LogP contribution in [0.1, 0.15) is 0 Å². The van der Waals surface area contributed by atoms with E-state index in [1.54, 1.807) is 0 Å². The van der Waals surface area contributed by atoms with Gasteiger partial charge in [0.1, 0.15) is 20.7 Å². The van der Waals surface area contributed by atoms with Crippen LogP contribution in [0.25, 0.3) is 11.0 Å². The lowest BCUT2D eigenvalue weighted by atomic mass is 10.3. The fourth-order valence-electron chi connectivity index (χ4n) is 2.02. The molecule has 0 amide bonds. The van der Waals surface area contributed by atoms with Gasteiger partial charge in [-0.25, -0.2) is 17.8 Å². The van der Waals surface area contributed by atoms with Crippen LogP contribution in [0.5, 0.6) is 5.88 Å². The average molecular weight is 391 g/mol. The highest BCUT2D eigenvalue weighted by molar-refractivity contribution is 7.93. The Bertz CT molecular complexity index is 1040. The van der Waals surface area contributed by atoms with E-state index in [1.807, 2.05) is 0 Å². The van der Waals surface area contributed by atoms with Crippen molar-refractivity contribution in [3.63, 3.8) is 0 Å². The van der Waals surface area contributed by atoms with E-state index >= 15 is 0 Å². The maximum absolute atomic E-state index is 13.9. The molecule has 0 aliphatic rings. The highest BCUT2D eigenvalue weighted by Crippen LogP contribution is 2.29. The lowest BCUT2D eigenvalue weighted by Gasteiger charge is -2.09. The Kier molecular flexibility index (Phi) is 4.24. The molecule has 0 aliphatic carbocycles. The molecule has 0 aromatic carbocycles. The molecule has 11 heteroatoms. The molecule has 0 atom stereocenters. The number of aromatic amines is 1. The van der Waals surface area contributed by atoms with Gasteiger partial charge in [-0.1, -0.05) is 23.2 Å². The molecule has 0 bridgehead atoms. The van der Waals surface area contributed by atoms with Crippen LogP contribution in [-0.4, -0.2) is 30.5 Å². The molecule has 3 aromatic rings. The van der Waals surface area contributed by atoms with Crippen molar-refractivity contribution in [3.05, 3.63) is 40.4 Å². The Morgan fingerprint density at radius 1 is 1.29 bits per heavy atom. The lowest BCUT2D eigenvalue weighted by Crippen LogP contribution is -2.15. The molecule has 0 aliphatic heterocycles. The molecule has 0 radical (unpaired) electrons. The maximum atomic E-state index is 13.9. The number of rotatable bonds is 4. The van der Waals surface area contributed by atoms with Crippen LogP contribution in [0.3, 0.4) is 0 Å². The minimum Gasteiger partial charge on any atom is -0.480 e. The van der Waals surface area contributed by atoms with Gasteiger partial charge in [-0.05, 0) is 12.1 Å². The van der Waals surface area contributed by atoms with Gasteiger partial charge in [-0.3, -0.25) is 4.72 Å². The standard InChI is InChI=1S/C13H9Cl2FN4O3S/c1-23-13-7(14)4-8(16)12(19-13)20-24(21,22)9-5-17-11-6(9)2-3-10(15)18-11/h2-5H,1H3,(H,17,18)(H,19,20). The molecule has 3 rings (SSSR count). The second kappa shape index (κ2) is 6.08. The van der Waals surface area contributed by atoms with Crippen LogP contribution in [0.15, 0.2) is 29.3 Å². The summed E-state index contributed by atoms with van der Waals surface area (Å²) in [5.74, 6) is -1.58. The average Bonchev–Trinajstić information content (AvgIpc) is 2.93. The molecular formula is C13H9Cl2FN4O3S. The number of pyridine rings is 2. The molecule has 0 saturated heterocycles. The predicted molar refractivity (Wildman–Crippen MR) is 87.7 cm³/mol. The van der Waals surface area contributed by atoms with Gasteiger partial charge in [0.2, 0.25) is 5.88 Å². The second-order valence-corrected chi connectivity index (χ2v) is 7.04. The first-order chi connectivity index (χ1) is 11.3. The molecular weight excluding hydrogens is 382 g/mol. The molecule has 7 nitrogen and oxygen atoms in total. The van der Waals surface area contributed by atoms with Crippen molar-refractivity contribution in [1.82, 2.24) is 15.0 Å². The number of nitrogens with one attached hydrogen (secondary N) is 2. The van der Waals surface area contributed by atoms with Crippen LogP contribution >= 0.6 is 23.2 Å². The normalized spacial score (nSPS) is 11.7. The van der Waals surface area contributed by atoms with Crippen molar-refractivity contribution in [2.45, 2.75) is 4.90 Å². The Balaban J connectivity index is 2.05. The van der Waals surface area contributed by atoms with Crippen molar-refractivity contribution < 1.29 is 17.5 Å². The van der Waals surface area contributed by atoms with Crippen LogP contribution in [0, 0.1) is 5.82 Å². The van der Waals surface area contributed by atoms with Gasteiger partial charge in [-0.2, -0.15) is 4.98 Å². The van der Waals surface area contributed by atoms with Gasteiger partial charge in [0.15, 0.2) is 11.6 Å². The van der Waals surface area contributed by atoms with Crippen LogP contribution in [-0.2, 0) is 10.0 Å². The molecule has 3 aromatic heterocycles. The number of sulfonamides is 1. The van der Waals surface area contributed by atoms with Gasteiger partial charge in [-0.15, -0.1) is 0 Å². The zero-order valence-corrected chi connectivity index (χ0v) is 14.3. The molecule has 0 spiro atoms. The summed E-state index contributed by atoms with van der Waals surface area (Å²) >= 11 is 11.5. The SMILES string of the molecule is COc1nc(NS(=O)(=O)c2c[nH]c3nc(Cl)ccc23)c(F)cc1Cl. The number of halogens is 3. The lowest BCUT2D eigenvalue weighted by molar-refractivity contribution is 0.397. The molecule has 3 heterocycles. The number of aromatic nitrogens is 3. The number of hydrogen-bond acceptors (Lipinski definition) is 5. The fraction of sp³-hybridized carbons (Fsp3) is 0.0769. The topological polar surface area (TPSA) is 97.0 Å². The van der Waals surface area contributed by atoms with E-state index in [1.165, 1.54) is 25.4 Å². The minimum atomic E-state index is -4.14. The number of hydrogen-bond donors (Lipinski definition) is 2. The van der Waals surface area contributed by atoms with Crippen LogP contribution in [0.2, 0.25) is 10.2 Å². The Morgan fingerprint density at radius 2 is 2.04 bits per heavy atom. The smallest absolute Gasteiger partial charge is 0.265 e. The van der Waals surface area contributed by atoms with E-state index in [9.17, 15) is 12.8 Å². The first kappa shape index (κ1) is 16.7. The van der Waals surface area contributed by atoms with E-state index in [0.717, 1.165) is 6.07 Å². The summed E-state index contributed by atoms with van der Waals surface area (Å²) in [6.07, 6.45) is 1.22. The van der Waals surface area contributed by atoms with Crippen molar-refractivity contribution in [3.8, 4) is 5.88 Å². The van der Waals surface area contributed by atoms with Crippen molar-refractivity contribution in [2.24, 2.45) is 0 Å². The van der Waals surface area contributed by atoms with Crippen LogP contribution < -0.4 is 9.46 Å². The molecule has 24 heavy (non-hydrogen) atoms. The molecule has 126 valence electrons. The number of ether oxygens (including phenoxy) is 1. The van der Waals surface area contributed by atoms with Gasteiger partial charge >= 0.3 is 0 Å². The molecule has 0 fully saturated rings. The first-order valence-corrected chi connectivity index (χ1v) is 8.62. The summed E-state index contributed by atoms with van der Waals surface area (Å²) in [5.41, 5.74) is 0.282.